The van der Waals surface area contributed by atoms with Gasteiger partial charge in [0.25, 0.3) is 0 Å². The van der Waals surface area contributed by atoms with E-state index in [9.17, 15) is 0 Å². The van der Waals surface area contributed by atoms with Gasteiger partial charge in [-0.15, -0.1) is 0 Å². The maximum atomic E-state index is 6.12. The van der Waals surface area contributed by atoms with Crippen LogP contribution in [0.2, 0.25) is 0 Å². The van der Waals surface area contributed by atoms with E-state index in [1.807, 2.05) is 73.7 Å². The standard InChI is InChI=1S/C23H21NOS/c1-18-10-9-13-21(16-18)25-23(24-20-11-5-3-6-12-20)19(2)17-26-22-14-7-4-8-15-22/h3-17H,1-2H3/b19-17+,24-23+. The zero-order valence-corrected chi connectivity index (χ0v) is 15.7. The van der Waals surface area contributed by atoms with Crippen LogP contribution in [-0.2, 0) is 0 Å². The Kier molecular flexibility index (Phi) is 6.29. The van der Waals surface area contributed by atoms with Gasteiger partial charge in [0.15, 0.2) is 0 Å². The Balaban J connectivity index is 1.88. The van der Waals surface area contributed by atoms with Crippen molar-refractivity contribution in [1.29, 1.82) is 0 Å². The largest absolute Gasteiger partial charge is 0.439 e. The number of para-hydroxylation sites is 1. The van der Waals surface area contributed by atoms with Crippen molar-refractivity contribution >= 4 is 23.3 Å². The van der Waals surface area contributed by atoms with Crippen LogP contribution in [-0.4, -0.2) is 5.90 Å². The van der Waals surface area contributed by atoms with Crippen molar-refractivity contribution in [2.45, 2.75) is 18.7 Å². The molecule has 0 saturated carbocycles. The van der Waals surface area contributed by atoms with E-state index >= 15 is 0 Å². The van der Waals surface area contributed by atoms with Gasteiger partial charge in [-0.1, -0.05) is 60.3 Å². The minimum absolute atomic E-state index is 0.602. The number of aliphatic imine (C=N–C) groups is 1. The first-order chi connectivity index (χ1) is 12.7. The summed E-state index contributed by atoms with van der Waals surface area (Å²) in [6.07, 6.45) is 0. The van der Waals surface area contributed by atoms with Crippen molar-refractivity contribution in [3.63, 3.8) is 0 Å². The van der Waals surface area contributed by atoms with E-state index < -0.39 is 0 Å². The molecular weight excluding hydrogens is 338 g/mol. The van der Waals surface area contributed by atoms with E-state index in [1.54, 1.807) is 11.8 Å². The van der Waals surface area contributed by atoms with Gasteiger partial charge in [0.2, 0.25) is 5.90 Å². The molecule has 3 heteroatoms. The molecule has 0 aliphatic heterocycles. The number of aryl methyl sites for hydroxylation is 1. The summed E-state index contributed by atoms with van der Waals surface area (Å²) in [7, 11) is 0. The molecule has 0 aliphatic carbocycles. The first-order valence-electron chi connectivity index (χ1n) is 8.48. The maximum absolute atomic E-state index is 6.12. The lowest BCUT2D eigenvalue weighted by Gasteiger charge is -2.10. The fraction of sp³-hybridized carbons (Fsp3) is 0.0870. The average molecular weight is 359 g/mol. The molecule has 0 unspecified atom stereocenters. The van der Waals surface area contributed by atoms with Gasteiger partial charge in [-0.05, 0) is 61.2 Å². The number of hydrogen-bond donors (Lipinski definition) is 0. The number of rotatable bonds is 5. The highest BCUT2D eigenvalue weighted by molar-refractivity contribution is 8.02. The monoisotopic (exact) mass is 359 g/mol. The van der Waals surface area contributed by atoms with Crippen LogP contribution < -0.4 is 4.74 Å². The van der Waals surface area contributed by atoms with Crippen LogP contribution in [0.25, 0.3) is 0 Å². The summed E-state index contributed by atoms with van der Waals surface area (Å²) in [5.41, 5.74) is 3.00. The average Bonchev–Trinajstić information content (AvgIpc) is 2.67. The molecule has 3 aromatic rings. The molecule has 0 amide bonds. The Morgan fingerprint density at radius 1 is 0.885 bits per heavy atom. The Hall–Kier alpha value is -2.78. The molecule has 0 heterocycles. The van der Waals surface area contributed by atoms with E-state index in [0.717, 1.165) is 22.6 Å². The van der Waals surface area contributed by atoms with Crippen LogP contribution in [0.1, 0.15) is 12.5 Å². The highest BCUT2D eigenvalue weighted by atomic mass is 32.2. The lowest BCUT2D eigenvalue weighted by Crippen LogP contribution is -2.09. The summed E-state index contributed by atoms with van der Waals surface area (Å²) in [5, 5.41) is 2.08. The number of hydrogen-bond acceptors (Lipinski definition) is 3. The summed E-state index contributed by atoms with van der Waals surface area (Å²) < 4.78 is 6.12. The molecule has 0 bridgehead atoms. The Morgan fingerprint density at radius 2 is 1.58 bits per heavy atom. The van der Waals surface area contributed by atoms with Crippen molar-refractivity contribution < 1.29 is 4.74 Å². The first kappa shape index (κ1) is 18.0. The molecule has 0 fully saturated rings. The highest BCUT2D eigenvalue weighted by Gasteiger charge is 2.07. The summed E-state index contributed by atoms with van der Waals surface area (Å²) in [4.78, 5) is 5.89. The first-order valence-corrected chi connectivity index (χ1v) is 9.36. The normalized spacial score (nSPS) is 12.1. The zero-order chi connectivity index (χ0) is 18.2. The molecule has 26 heavy (non-hydrogen) atoms. The summed E-state index contributed by atoms with van der Waals surface area (Å²) in [5.74, 6) is 1.39. The van der Waals surface area contributed by atoms with Crippen LogP contribution >= 0.6 is 11.8 Å². The molecule has 0 aromatic heterocycles. The number of nitrogens with zero attached hydrogens (tertiary/aromatic N) is 1. The zero-order valence-electron chi connectivity index (χ0n) is 14.9. The van der Waals surface area contributed by atoms with E-state index in [4.69, 9.17) is 9.73 Å². The van der Waals surface area contributed by atoms with E-state index in [1.165, 1.54) is 4.90 Å². The maximum Gasteiger partial charge on any atom is 0.223 e. The predicted octanol–water partition coefficient (Wildman–Crippen LogP) is 6.80. The molecular formula is C23H21NOS. The highest BCUT2D eigenvalue weighted by Crippen LogP contribution is 2.23. The molecule has 3 aromatic carbocycles. The summed E-state index contributed by atoms with van der Waals surface area (Å²) in [6, 6.07) is 28.1. The Labute approximate surface area is 159 Å². The topological polar surface area (TPSA) is 21.6 Å². The SMILES string of the molecule is CC(=C\Sc1ccccc1)/C(=N\c1ccccc1)Oc1cccc(C)c1. The second-order valence-corrected chi connectivity index (χ2v) is 6.85. The smallest absolute Gasteiger partial charge is 0.223 e. The molecule has 0 saturated heterocycles. The minimum atomic E-state index is 0.602. The van der Waals surface area contributed by atoms with Crippen LogP contribution in [0.15, 0.2) is 106 Å². The van der Waals surface area contributed by atoms with E-state index in [0.29, 0.717) is 5.90 Å². The lowest BCUT2D eigenvalue weighted by molar-refractivity contribution is 0.551. The Bertz CT molecular complexity index is 902. The van der Waals surface area contributed by atoms with Crippen molar-refractivity contribution in [2.75, 3.05) is 0 Å². The van der Waals surface area contributed by atoms with Gasteiger partial charge in [-0.25, -0.2) is 4.99 Å². The number of thioether (sulfide) groups is 1. The molecule has 130 valence electrons. The third-order valence-electron chi connectivity index (χ3n) is 3.64. The predicted molar refractivity (Wildman–Crippen MR) is 111 cm³/mol. The second kappa shape index (κ2) is 9.07. The van der Waals surface area contributed by atoms with Gasteiger partial charge < -0.3 is 4.74 Å². The fourth-order valence-corrected chi connectivity index (χ4v) is 3.04. The Morgan fingerprint density at radius 3 is 2.27 bits per heavy atom. The van der Waals surface area contributed by atoms with Gasteiger partial charge in [-0.2, -0.15) is 0 Å². The van der Waals surface area contributed by atoms with Crippen molar-refractivity contribution in [1.82, 2.24) is 0 Å². The van der Waals surface area contributed by atoms with Gasteiger partial charge in [0.1, 0.15) is 5.75 Å². The van der Waals surface area contributed by atoms with Crippen molar-refractivity contribution in [2.24, 2.45) is 4.99 Å². The third-order valence-corrected chi connectivity index (χ3v) is 4.66. The van der Waals surface area contributed by atoms with Crippen LogP contribution in [0.3, 0.4) is 0 Å². The molecule has 3 rings (SSSR count). The molecule has 0 radical (unpaired) electrons. The van der Waals surface area contributed by atoms with Crippen LogP contribution in [0, 0.1) is 6.92 Å². The van der Waals surface area contributed by atoms with Gasteiger partial charge >= 0.3 is 0 Å². The quantitative estimate of drug-likeness (QED) is 0.284. The van der Waals surface area contributed by atoms with E-state index in [-0.39, 0.29) is 0 Å². The lowest BCUT2D eigenvalue weighted by atomic mass is 10.2. The minimum Gasteiger partial charge on any atom is -0.439 e. The molecule has 0 atom stereocenters. The number of benzene rings is 3. The van der Waals surface area contributed by atoms with Gasteiger partial charge in [0, 0.05) is 10.5 Å². The third kappa shape index (κ3) is 5.36. The summed E-state index contributed by atoms with van der Waals surface area (Å²) in [6.45, 7) is 4.07. The molecule has 2 nitrogen and oxygen atoms in total. The van der Waals surface area contributed by atoms with Crippen molar-refractivity contribution in [3.8, 4) is 5.75 Å². The van der Waals surface area contributed by atoms with E-state index in [2.05, 4.69) is 30.5 Å². The summed E-state index contributed by atoms with van der Waals surface area (Å²) >= 11 is 1.66. The molecule has 0 spiro atoms. The molecule has 0 N–H and O–H groups in total. The van der Waals surface area contributed by atoms with Crippen molar-refractivity contribution in [3.05, 3.63) is 101 Å². The number of ether oxygens (including phenoxy) is 1. The van der Waals surface area contributed by atoms with Crippen LogP contribution in [0.4, 0.5) is 5.69 Å². The van der Waals surface area contributed by atoms with Gasteiger partial charge in [-0.3, -0.25) is 0 Å². The van der Waals surface area contributed by atoms with Gasteiger partial charge in [0.05, 0.1) is 5.69 Å². The molecule has 0 aliphatic rings. The van der Waals surface area contributed by atoms with Crippen LogP contribution in [0.5, 0.6) is 5.75 Å². The second-order valence-electron chi connectivity index (χ2n) is 5.90. The fourth-order valence-electron chi connectivity index (χ4n) is 2.31.